The fraction of sp³-hybridized carbons (Fsp3) is 0.455. The number of likely N-dealkylation sites (N-methyl/N-ethyl adjacent to an activating group) is 1. The number of piperazine rings is 1. The Morgan fingerprint density at radius 3 is 2.23 bits per heavy atom. The fourth-order valence-corrected chi connectivity index (χ4v) is 3.08. The van der Waals surface area contributed by atoms with Crippen LogP contribution in [0.4, 0.5) is 30.2 Å². The van der Waals surface area contributed by atoms with Crippen LogP contribution in [0.3, 0.4) is 0 Å². The second-order valence-electron chi connectivity index (χ2n) is 7.09. The Hall–Kier alpha value is -2.29. The second kappa shape index (κ2) is 11.8. The summed E-state index contributed by atoms with van der Waals surface area (Å²) in [6.07, 6.45) is 0. The van der Waals surface area contributed by atoms with Crippen LogP contribution < -0.4 is 16.2 Å². The van der Waals surface area contributed by atoms with E-state index in [1.807, 2.05) is 13.8 Å². The van der Waals surface area contributed by atoms with Crippen molar-refractivity contribution in [2.45, 2.75) is 20.8 Å². The molecule has 0 aliphatic carbocycles. The molecular weight excluding hydrogens is 391 g/mol. The maximum Gasteiger partial charge on any atom is 0.184 e. The van der Waals surface area contributed by atoms with Gasteiger partial charge in [-0.1, -0.05) is 19.9 Å². The van der Waals surface area contributed by atoms with E-state index in [-0.39, 0.29) is 11.4 Å². The van der Waals surface area contributed by atoms with Crippen molar-refractivity contribution in [1.82, 2.24) is 15.2 Å². The van der Waals surface area contributed by atoms with Gasteiger partial charge < -0.3 is 15.6 Å². The van der Waals surface area contributed by atoms with Gasteiger partial charge >= 0.3 is 0 Å². The molecule has 1 aliphatic rings. The van der Waals surface area contributed by atoms with Crippen LogP contribution in [0.5, 0.6) is 0 Å². The van der Waals surface area contributed by atoms with E-state index in [1.54, 1.807) is 13.0 Å². The topological polar surface area (TPSA) is 42.6 Å². The molecule has 1 aliphatic heterocycles. The molecule has 0 aromatic heterocycles. The van der Waals surface area contributed by atoms with Crippen molar-refractivity contribution in [2.24, 2.45) is 0 Å². The second-order valence-corrected chi connectivity index (χ2v) is 7.09. The van der Waals surface area contributed by atoms with Gasteiger partial charge in [-0.05, 0) is 43.8 Å². The molecule has 166 valence electrons. The Morgan fingerprint density at radius 2 is 1.57 bits per heavy atom. The molecule has 0 saturated carbocycles. The molecule has 2 aromatic carbocycles. The summed E-state index contributed by atoms with van der Waals surface area (Å²) >= 11 is 0. The molecule has 30 heavy (non-hydrogen) atoms. The molecule has 0 atom stereocenters. The van der Waals surface area contributed by atoms with Crippen LogP contribution in [0.2, 0.25) is 0 Å². The summed E-state index contributed by atoms with van der Waals surface area (Å²) in [5.74, 6) is -2.60. The standard InChI is InChI=1S/C20H26F3N5.C2H6/c1-14-3-5-17(16(22)13-14)25-20-18(6-4-15(21)19(20)23)26-24-7-8-28-11-9-27(2)10-12-28;1-2/h3-6,13,24-26H,7-12H2,1-2H3;1-2H3. The number of hydrogen-bond acceptors (Lipinski definition) is 5. The molecule has 0 radical (unpaired) electrons. The summed E-state index contributed by atoms with van der Waals surface area (Å²) in [6.45, 7) is 11.3. The number of nitrogens with one attached hydrogen (secondary N) is 3. The summed E-state index contributed by atoms with van der Waals surface area (Å²) < 4.78 is 42.2. The third kappa shape index (κ3) is 6.62. The van der Waals surface area contributed by atoms with Gasteiger partial charge in [0, 0.05) is 39.3 Å². The van der Waals surface area contributed by atoms with Gasteiger partial charge in [0.05, 0.1) is 11.4 Å². The number of benzene rings is 2. The zero-order chi connectivity index (χ0) is 22.1. The van der Waals surface area contributed by atoms with Gasteiger partial charge in [-0.15, -0.1) is 0 Å². The summed E-state index contributed by atoms with van der Waals surface area (Å²) in [6, 6.07) is 6.98. The number of rotatable bonds is 7. The van der Waals surface area contributed by atoms with Gasteiger partial charge in [0.15, 0.2) is 11.6 Å². The first kappa shape index (κ1) is 24.0. The number of halogens is 3. The molecule has 1 saturated heterocycles. The molecule has 1 heterocycles. The predicted molar refractivity (Wildman–Crippen MR) is 118 cm³/mol. The molecular formula is C22H32F3N5. The Bertz CT molecular complexity index is 808. The number of hydrazine groups is 1. The first-order valence-electron chi connectivity index (χ1n) is 10.3. The van der Waals surface area contributed by atoms with E-state index in [2.05, 4.69) is 33.0 Å². The SMILES string of the molecule is CC.Cc1ccc(Nc2c(NNCCN3CCN(C)CC3)ccc(F)c2F)c(F)c1. The van der Waals surface area contributed by atoms with Crippen molar-refractivity contribution in [3.05, 3.63) is 53.3 Å². The molecule has 2 aromatic rings. The molecule has 0 unspecified atom stereocenters. The molecule has 8 heteroatoms. The Labute approximate surface area is 177 Å². The van der Waals surface area contributed by atoms with Gasteiger partial charge in [0.2, 0.25) is 0 Å². The van der Waals surface area contributed by atoms with Gasteiger partial charge in [-0.3, -0.25) is 4.90 Å². The quantitative estimate of drug-likeness (QED) is 0.457. The Balaban J connectivity index is 0.00000155. The Kier molecular flexibility index (Phi) is 9.42. The van der Waals surface area contributed by atoms with Crippen LogP contribution >= 0.6 is 0 Å². The minimum absolute atomic E-state index is 0.0792. The summed E-state index contributed by atoms with van der Waals surface area (Å²) in [4.78, 5) is 4.62. The zero-order valence-corrected chi connectivity index (χ0v) is 18.2. The molecule has 0 spiro atoms. The molecule has 3 N–H and O–H groups in total. The van der Waals surface area contributed by atoms with Crippen molar-refractivity contribution in [3.8, 4) is 0 Å². The first-order chi connectivity index (χ1) is 14.4. The lowest BCUT2D eigenvalue weighted by Crippen LogP contribution is -2.46. The van der Waals surface area contributed by atoms with Crippen LogP contribution in [0.25, 0.3) is 0 Å². The van der Waals surface area contributed by atoms with Crippen LogP contribution in [0.1, 0.15) is 19.4 Å². The van der Waals surface area contributed by atoms with E-state index in [0.717, 1.165) is 44.4 Å². The van der Waals surface area contributed by atoms with Crippen LogP contribution in [-0.4, -0.2) is 56.1 Å². The predicted octanol–water partition coefficient (Wildman–Crippen LogP) is 4.35. The maximum atomic E-state index is 14.4. The highest BCUT2D eigenvalue weighted by Crippen LogP contribution is 2.31. The maximum absolute atomic E-state index is 14.4. The van der Waals surface area contributed by atoms with Gasteiger partial charge in [0.1, 0.15) is 11.5 Å². The zero-order valence-electron chi connectivity index (χ0n) is 18.2. The lowest BCUT2D eigenvalue weighted by Gasteiger charge is -2.32. The molecule has 0 amide bonds. The average Bonchev–Trinajstić information content (AvgIpc) is 2.74. The van der Waals surface area contributed by atoms with Crippen LogP contribution in [0, 0.1) is 24.4 Å². The number of hydrogen-bond donors (Lipinski definition) is 3. The van der Waals surface area contributed by atoms with Crippen molar-refractivity contribution in [2.75, 3.05) is 57.1 Å². The van der Waals surface area contributed by atoms with E-state index in [1.165, 1.54) is 18.2 Å². The summed E-state index contributed by atoms with van der Waals surface area (Å²) in [5, 5.41) is 2.66. The third-order valence-electron chi connectivity index (χ3n) is 4.85. The van der Waals surface area contributed by atoms with Crippen molar-refractivity contribution >= 4 is 17.1 Å². The van der Waals surface area contributed by atoms with E-state index in [9.17, 15) is 13.2 Å². The molecule has 3 rings (SSSR count). The molecule has 0 bridgehead atoms. The molecule has 1 fully saturated rings. The van der Waals surface area contributed by atoms with Crippen LogP contribution in [-0.2, 0) is 0 Å². The highest BCUT2D eigenvalue weighted by Gasteiger charge is 2.16. The highest BCUT2D eigenvalue weighted by molar-refractivity contribution is 5.75. The summed E-state index contributed by atoms with van der Waals surface area (Å²) in [7, 11) is 2.10. The van der Waals surface area contributed by atoms with Gasteiger partial charge in [-0.2, -0.15) is 0 Å². The van der Waals surface area contributed by atoms with Gasteiger partial charge in [0.25, 0.3) is 0 Å². The monoisotopic (exact) mass is 423 g/mol. The Morgan fingerprint density at radius 1 is 0.900 bits per heavy atom. The minimum atomic E-state index is -1.06. The normalized spacial score (nSPS) is 14.8. The van der Waals surface area contributed by atoms with Crippen LogP contribution in [0.15, 0.2) is 30.3 Å². The van der Waals surface area contributed by atoms with Crippen molar-refractivity contribution in [3.63, 3.8) is 0 Å². The van der Waals surface area contributed by atoms with Crippen molar-refractivity contribution < 1.29 is 13.2 Å². The minimum Gasteiger partial charge on any atom is -0.349 e. The third-order valence-corrected chi connectivity index (χ3v) is 4.85. The largest absolute Gasteiger partial charge is 0.349 e. The average molecular weight is 424 g/mol. The summed E-state index contributed by atoms with van der Waals surface area (Å²) in [5.41, 5.74) is 6.91. The van der Waals surface area contributed by atoms with E-state index in [4.69, 9.17) is 0 Å². The highest BCUT2D eigenvalue weighted by atomic mass is 19.2. The lowest BCUT2D eigenvalue weighted by molar-refractivity contribution is 0.155. The lowest BCUT2D eigenvalue weighted by atomic mass is 10.2. The number of aryl methyl sites for hydroxylation is 1. The fourth-order valence-electron chi connectivity index (χ4n) is 3.08. The molecule has 5 nitrogen and oxygen atoms in total. The van der Waals surface area contributed by atoms with Crippen molar-refractivity contribution in [1.29, 1.82) is 0 Å². The number of nitrogens with zero attached hydrogens (tertiary/aromatic N) is 2. The van der Waals surface area contributed by atoms with E-state index < -0.39 is 17.5 Å². The number of anilines is 3. The first-order valence-corrected chi connectivity index (χ1v) is 10.3. The van der Waals surface area contributed by atoms with E-state index >= 15 is 0 Å². The van der Waals surface area contributed by atoms with E-state index in [0.29, 0.717) is 12.2 Å². The van der Waals surface area contributed by atoms with Gasteiger partial charge in [-0.25, -0.2) is 18.6 Å². The smallest absolute Gasteiger partial charge is 0.184 e.